The fourth-order valence-corrected chi connectivity index (χ4v) is 2.49. The Kier molecular flexibility index (Phi) is 6.02. The molecular weight excluding hydrogens is 250 g/mol. The molecule has 3 nitrogen and oxygen atoms in total. The van der Waals surface area contributed by atoms with Crippen molar-refractivity contribution in [2.45, 2.75) is 45.4 Å². The van der Waals surface area contributed by atoms with Gasteiger partial charge in [0.05, 0.1) is 19.3 Å². The number of rotatable bonds is 9. The summed E-state index contributed by atoms with van der Waals surface area (Å²) < 4.78 is 5.61. The summed E-state index contributed by atoms with van der Waals surface area (Å²) in [5.41, 5.74) is 1.15. The average molecular weight is 277 g/mol. The first-order chi connectivity index (χ1) is 9.65. The van der Waals surface area contributed by atoms with Gasteiger partial charge in [-0.3, -0.25) is 4.90 Å². The third kappa shape index (κ3) is 5.61. The average Bonchev–Trinajstić information content (AvgIpc) is 3.23. The van der Waals surface area contributed by atoms with Gasteiger partial charge in [-0.05, 0) is 24.3 Å². The maximum atomic E-state index is 10.1. The molecule has 1 N–H and O–H groups in total. The summed E-state index contributed by atoms with van der Waals surface area (Å²) in [5, 5.41) is 10.1. The summed E-state index contributed by atoms with van der Waals surface area (Å²) in [6.45, 7) is 7.25. The maximum absolute atomic E-state index is 10.1. The summed E-state index contributed by atoms with van der Waals surface area (Å²) in [6.07, 6.45) is 2.17. The summed E-state index contributed by atoms with van der Waals surface area (Å²) in [4.78, 5) is 2.42. The summed E-state index contributed by atoms with van der Waals surface area (Å²) in [6, 6.07) is 10.8. The number of aliphatic hydroxyl groups excluding tert-OH is 1. The van der Waals surface area contributed by atoms with Gasteiger partial charge in [0, 0.05) is 19.1 Å². The maximum Gasteiger partial charge on any atom is 0.0900 e. The van der Waals surface area contributed by atoms with E-state index in [9.17, 15) is 5.11 Å². The van der Waals surface area contributed by atoms with Crippen LogP contribution in [0.4, 0.5) is 0 Å². The van der Waals surface area contributed by atoms with Gasteiger partial charge < -0.3 is 9.84 Å². The van der Waals surface area contributed by atoms with E-state index in [0.29, 0.717) is 25.2 Å². The molecule has 0 bridgehead atoms. The normalized spacial score (nSPS) is 16.9. The molecule has 1 unspecified atom stereocenters. The minimum absolute atomic E-state index is 0.391. The molecular formula is C17H27NO2. The second kappa shape index (κ2) is 7.77. The number of benzene rings is 1. The van der Waals surface area contributed by atoms with E-state index in [1.54, 1.807) is 0 Å². The van der Waals surface area contributed by atoms with Crippen molar-refractivity contribution < 1.29 is 9.84 Å². The zero-order valence-electron chi connectivity index (χ0n) is 12.7. The largest absolute Gasteiger partial charge is 0.389 e. The number of ether oxygens (including phenoxy) is 1. The van der Waals surface area contributed by atoms with Crippen molar-refractivity contribution in [3.63, 3.8) is 0 Å². The van der Waals surface area contributed by atoms with Crippen LogP contribution in [0.1, 0.15) is 32.3 Å². The summed E-state index contributed by atoms with van der Waals surface area (Å²) in [5.74, 6) is 0.646. The second-order valence-electron chi connectivity index (χ2n) is 6.23. The van der Waals surface area contributed by atoms with Crippen LogP contribution in [0.15, 0.2) is 30.3 Å². The molecule has 0 saturated heterocycles. The highest BCUT2D eigenvalue weighted by Crippen LogP contribution is 2.27. The monoisotopic (exact) mass is 277 g/mol. The molecule has 2 rings (SSSR count). The highest BCUT2D eigenvalue weighted by atomic mass is 16.5. The molecule has 0 aromatic heterocycles. The van der Waals surface area contributed by atoms with Crippen LogP contribution >= 0.6 is 0 Å². The number of nitrogens with zero attached hydrogens (tertiary/aromatic N) is 1. The number of hydrogen-bond donors (Lipinski definition) is 1. The second-order valence-corrected chi connectivity index (χ2v) is 6.23. The fraction of sp³-hybridized carbons (Fsp3) is 0.647. The predicted octanol–water partition coefficient (Wildman–Crippen LogP) is 2.68. The molecule has 1 saturated carbocycles. The van der Waals surface area contributed by atoms with E-state index in [0.717, 1.165) is 18.7 Å². The molecule has 0 amide bonds. The van der Waals surface area contributed by atoms with Crippen LogP contribution in [0.2, 0.25) is 0 Å². The van der Waals surface area contributed by atoms with Gasteiger partial charge in [0.15, 0.2) is 0 Å². The molecule has 1 atom stereocenters. The standard InChI is InChI=1S/C17H27NO2/c1-14(2)10-18(16-8-9-16)11-17(19)13-20-12-15-6-4-3-5-7-15/h3-7,14,16-17,19H,8-13H2,1-2H3. The van der Waals surface area contributed by atoms with Crippen LogP contribution in [0.25, 0.3) is 0 Å². The van der Waals surface area contributed by atoms with Crippen molar-refractivity contribution in [3.05, 3.63) is 35.9 Å². The molecule has 1 fully saturated rings. The van der Waals surface area contributed by atoms with Crippen molar-refractivity contribution in [1.29, 1.82) is 0 Å². The lowest BCUT2D eigenvalue weighted by atomic mass is 10.2. The number of hydrogen-bond acceptors (Lipinski definition) is 3. The minimum Gasteiger partial charge on any atom is -0.389 e. The molecule has 0 heterocycles. The van der Waals surface area contributed by atoms with E-state index >= 15 is 0 Å². The molecule has 0 aliphatic heterocycles. The van der Waals surface area contributed by atoms with Gasteiger partial charge in [-0.2, -0.15) is 0 Å². The Hall–Kier alpha value is -0.900. The third-order valence-corrected chi connectivity index (χ3v) is 3.53. The molecule has 20 heavy (non-hydrogen) atoms. The van der Waals surface area contributed by atoms with E-state index in [1.165, 1.54) is 12.8 Å². The Morgan fingerprint density at radius 2 is 1.90 bits per heavy atom. The molecule has 1 aliphatic carbocycles. The fourth-order valence-electron chi connectivity index (χ4n) is 2.49. The van der Waals surface area contributed by atoms with Crippen molar-refractivity contribution in [2.24, 2.45) is 5.92 Å². The lowest BCUT2D eigenvalue weighted by Crippen LogP contribution is -2.38. The quantitative estimate of drug-likeness (QED) is 0.753. The Bertz CT molecular complexity index is 376. The zero-order valence-corrected chi connectivity index (χ0v) is 12.7. The molecule has 0 radical (unpaired) electrons. The first-order valence-corrected chi connectivity index (χ1v) is 7.69. The Morgan fingerprint density at radius 3 is 2.50 bits per heavy atom. The van der Waals surface area contributed by atoms with Gasteiger partial charge in [0.1, 0.15) is 0 Å². The lowest BCUT2D eigenvalue weighted by molar-refractivity contribution is 0.00671. The van der Waals surface area contributed by atoms with Crippen molar-refractivity contribution >= 4 is 0 Å². The first kappa shape index (κ1) is 15.5. The van der Waals surface area contributed by atoms with Crippen molar-refractivity contribution in [1.82, 2.24) is 4.90 Å². The van der Waals surface area contributed by atoms with Crippen LogP contribution in [-0.4, -0.2) is 41.8 Å². The van der Waals surface area contributed by atoms with Crippen LogP contribution in [-0.2, 0) is 11.3 Å². The van der Waals surface area contributed by atoms with Crippen molar-refractivity contribution in [2.75, 3.05) is 19.7 Å². The highest BCUT2D eigenvalue weighted by Gasteiger charge is 2.30. The molecule has 0 spiro atoms. The minimum atomic E-state index is -0.391. The molecule has 112 valence electrons. The summed E-state index contributed by atoms with van der Waals surface area (Å²) >= 11 is 0. The van der Waals surface area contributed by atoms with E-state index in [1.807, 2.05) is 30.3 Å². The first-order valence-electron chi connectivity index (χ1n) is 7.69. The van der Waals surface area contributed by atoms with Gasteiger partial charge in [0.2, 0.25) is 0 Å². The van der Waals surface area contributed by atoms with Gasteiger partial charge in [-0.25, -0.2) is 0 Å². The van der Waals surface area contributed by atoms with Crippen molar-refractivity contribution in [3.8, 4) is 0 Å². The van der Waals surface area contributed by atoms with Gasteiger partial charge in [-0.15, -0.1) is 0 Å². The molecule has 3 heteroatoms. The Morgan fingerprint density at radius 1 is 1.20 bits per heavy atom. The van der Waals surface area contributed by atoms with Crippen LogP contribution in [0.3, 0.4) is 0 Å². The van der Waals surface area contributed by atoms with E-state index < -0.39 is 6.10 Å². The molecule has 1 aliphatic rings. The molecule has 1 aromatic rings. The van der Waals surface area contributed by atoms with E-state index in [2.05, 4.69) is 18.7 Å². The van der Waals surface area contributed by atoms with E-state index in [-0.39, 0.29) is 0 Å². The number of aliphatic hydroxyl groups is 1. The van der Waals surface area contributed by atoms with Crippen LogP contribution in [0.5, 0.6) is 0 Å². The van der Waals surface area contributed by atoms with Gasteiger partial charge >= 0.3 is 0 Å². The Balaban J connectivity index is 1.67. The smallest absolute Gasteiger partial charge is 0.0900 e. The van der Waals surface area contributed by atoms with Crippen LogP contribution < -0.4 is 0 Å². The predicted molar refractivity (Wildman–Crippen MR) is 81.5 cm³/mol. The third-order valence-electron chi connectivity index (χ3n) is 3.53. The lowest BCUT2D eigenvalue weighted by Gasteiger charge is -2.26. The van der Waals surface area contributed by atoms with E-state index in [4.69, 9.17) is 4.74 Å². The highest BCUT2D eigenvalue weighted by molar-refractivity contribution is 5.13. The SMILES string of the molecule is CC(C)CN(CC(O)COCc1ccccc1)C1CC1. The summed E-state index contributed by atoms with van der Waals surface area (Å²) in [7, 11) is 0. The van der Waals surface area contributed by atoms with Crippen LogP contribution in [0, 0.1) is 5.92 Å². The molecule has 1 aromatic carbocycles. The zero-order chi connectivity index (χ0) is 14.4. The van der Waals surface area contributed by atoms with Gasteiger partial charge in [0.25, 0.3) is 0 Å². The van der Waals surface area contributed by atoms with Gasteiger partial charge in [-0.1, -0.05) is 44.2 Å². The topological polar surface area (TPSA) is 32.7 Å². The Labute approximate surface area is 122 Å².